The van der Waals surface area contributed by atoms with Crippen LogP contribution in [-0.4, -0.2) is 56.9 Å². The van der Waals surface area contributed by atoms with Crippen LogP contribution in [0.5, 0.6) is 0 Å². The first-order chi connectivity index (χ1) is 8.20. The van der Waals surface area contributed by atoms with Crippen LogP contribution in [0.3, 0.4) is 0 Å². The van der Waals surface area contributed by atoms with Gasteiger partial charge in [-0.05, 0) is 18.8 Å². The van der Waals surface area contributed by atoms with E-state index in [0.29, 0.717) is 25.7 Å². The minimum atomic E-state index is 0. The van der Waals surface area contributed by atoms with Gasteiger partial charge in [-0.3, -0.25) is 4.79 Å². The molecule has 108 valence electrons. The Hall–Kier alpha value is -0.360. The lowest BCUT2D eigenvalue weighted by Gasteiger charge is -2.39. The van der Waals surface area contributed by atoms with Crippen LogP contribution in [0.1, 0.15) is 19.8 Å². The fraction of sp³-hybridized carbons (Fsp3) is 0.917. The third kappa shape index (κ3) is 5.10. The monoisotopic (exact) mass is 280 g/mol. The highest BCUT2D eigenvalue weighted by molar-refractivity contribution is 5.85. The quantitative estimate of drug-likeness (QED) is 0.726. The van der Waals surface area contributed by atoms with Crippen molar-refractivity contribution in [3.05, 3.63) is 0 Å². The minimum absolute atomic E-state index is 0. The van der Waals surface area contributed by atoms with Crippen LogP contribution in [-0.2, 0) is 14.3 Å². The van der Waals surface area contributed by atoms with E-state index in [1.165, 1.54) is 0 Å². The van der Waals surface area contributed by atoms with Crippen LogP contribution >= 0.6 is 12.4 Å². The summed E-state index contributed by atoms with van der Waals surface area (Å²) in [6.07, 6.45) is 2.21. The van der Waals surface area contributed by atoms with Gasteiger partial charge in [-0.1, -0.05) is 6.92 Å². The number of nitrogens with two attached hydrogens (primary N) is 1. The Bertz CT molecular complexity index is 241. The number of carbonyl (C=O) groups excluding carboxylic acids is 1. The lowest BCUT2D eigenvalue weighted by Crippen LogP contribution is -2.52. The van der Waals surface area contributed by atoms with Gasteiger partial charge in [-0.15, -0.1) is 12.4 Å². The standard InChI is InChI=1S/C12H24N2O3.ClH/c1-10-4-3-5-14(11(10)8-13)12(15)9-17-7-6-16-2;/h10-11H,3-9,13H2,1-2H3;1H. The number of likely N-dealkylation sites (tertiary alicyclic amines) is 1. The van der Waals surface area contributed by atoms with Gasteiger partial charge >= 0.3 is 0 Å². The van der Waals surface area contributed by atoms with E-state index >= 15 is 0 Å². The van der Waals surface area contributed by atoms with E-state index in [0.717, 1.165) is 19.4 Å². The second-order valence-corrected chi connectivity index (χ2v) is 4.56. The molecule has 2 unspecified atom stereocenters. The lowest BCUT2D eigenvalue weighted by atomic mass is 9.91. The molecule has 1 aliphatic rings. The number of methoxy groups -OCH3 is 1. The van der Waals surface area contributed by atoms with Gasteiger partial charge in [0.05, 0.1) is 13.2 Å². The number of nitrogens with zero attached hydrogens (tertiary/aromatic N) is 1. The number of hydrogen-bond donors (Lipinski definition) is 1. The summed E-state index contributed by atoms with van der Waals surface area (Å²) in [5, 5.41) is 0. The average Bonchev–Trinajstić information content (AvgIpc) is 2.34. The second-order valence-electron chi connectivity index (χ2n) is 4.56. The zero-order chi connectivity index (χ0) is 12.7. The number of amides is 1. The van der Waals surface area contributed by atoms with E-state index in [-0.39, 0.29) is 31.0 Å². The topological polar surface area (TPSA) is 64.8 Å². The maximum Gasteiger partial charge on any atom is 0.248 e. The Labute approximate surface area is 115 Å². The molecule has 0 aromatic carbocycles. The molecule has 0 aromatic heterocycles. The molecular weight excluding hydrogens is 256 g/mol. The summed E-state index contributed by atoms with van der Waals surface area (Å²) in [6, 6.07) is 0.169. The summed E-state index contributed by atoms with van der Waals surface area (Å²) in [5.74, 6) is 0.528. The highest BCUT2D eigenvalue weighted by Gasteiger charge is 2.30. The largest absolute Gasteiger partial charge is 0.382 e. The van der Waals surface area contributed by atoms with E-state index in [2.05, 4.69) is 6.92 Å². The number of halogens is 1. The maximum atomic E-state index is 12.0. The molecule has 0 aromatic rings. The molecule has 5 nitrogen and oxygen atoms in total. The van der Waals surface area contributed by atoms with Crippen molar-refractivity contribution in [3.8, 4) is 0 Å². The fourth-order valence-corrected chi connectivity index (χ4v) is 2.30. The molecule has 1 rings (SSSR count). The minimum Gasteiger partial charge on any atom is -0.382 e. The number of carbonyl (C=O) groups is 1. The normalized spacial score (nSPS) is 23.6. The van der Waals surface area contributed by atoms with Crippen LogP contribution in [0.2, 0.25) is 0 Å². The summed E-state index contributed by atoms with van der Waals surface area (Å²) in [6.45, 7) is 4.60. The van der Waals surface area contributed by atoms with Crippen molar-refractivity contribution in [2.75, 3.05) is 40.0 Å². The first kappa shape index (κ1) is 17.6. The zero-order valence-corrected chi connectivity index (χ0v) is 12.1. The first-order valence-electron chi connectivity index (χ1n) is 6.27. The molecule has 6 heteroatoms. The van der Waals surface area contributed by atoms with Gasteiger partial charge in [0, 0.05) is 26.2 Å². The third-order valence-corrected chi connectivity index (χ3v) is 3.33. The Morgan fingerprint density at radius 1 is 1.44 bits per heavy atom. The summed E-state index contributed by atoms with van der Waals surface area (Å²) in [4.78, 5) is 13.9. The van der Waals surface area contributed by atoms with Crippen molar-refractivity contribution >= 4 is 18.3 Å². The summed E-state index contributed by atoms with van der Waals surface area (Å²) >= 11 is 0. The molecule has 0 radical (unpaired) electrons. The Kier molecular flexibility index (Phi) is 9.36. The zero-order valence-electron chi connectivity index (χ0n) is 11.3. The van der Waals surface area contributed by atoms with Crippen LogP contribution in [0.15, 0.2) is 0 Å². The van der Waals surface area contributed by atoms with E-state index in [1.807, 2.05) is 4.90 Å². The van der Waals surface area contributed by atoms with Crippen LogP contribution in [0.25, 0.3) is 0 Å². The predicted octanol–water partition coefficient (Wildman–Crippen LogP) is 0.657. The average molecular weight is 281 g/mol. The molecule has 2 N–H and O–H groups in total. The van der Waals surface area contributed by atoms with E-state index < -0.39 is 0 Å². The molecule has 0 spiro atoms. The maximum absolute atomic E-state index is 12.0. The van der Waals surface area contributed by atoms with Gasteiger partial charge in [-0.25, -0.2) is 0 Å². The molecule has 1 aliphatic heterocycles. The summed E-state index contributed by atoms with van der Waals surface area (Å²) < 4.78 is 10.1. The summed E-state index contributed by atoms with van der Waals surface area (Å²) in [7, 11) is 1.61. The number of hydrogen-bond acceptors (Lipinski definition) is 4. The first-order valence-corrected chi connectivity index (χ1v) is 6.27. The Balaban J connectivity index is 0.00000289. The Morgan fingerprint density at radius 3 is 2.78 bits per heavy atom. The van der Waals surface area contributed by atoms with Gasteiger partial charge in [0.25, 0.3) is 0 Å². The predicted molar refractivity (Wildman–Crippen MR) is 72.9 cm³/mol. The van der Waals surface area contributed by atoms with E-state index in [4.69, 9.17) is 15.2 Å². The van der Waals surface area contributed by atoms with Crippen molar-refractivity contribution < 1.29 is 14.3 Å². The SMILES string of the molecule is COCCOCC(=O)N1CCCC(C)C1CN.Cl. The third-order valence-electron chi connectivity index (χ3n) is 3.33. The molecule has 0 saturated carbocycles. The highest BCUT2D eigenvalue weighted by Crippen LogP contribution is 2.22. The van der Waals surface area contributed by atoms with Gasteiger partial charge in [-0.2, -0.15) is 0 Å². The summed E-state index contributed by atoms with van der Waals surface area (Å²) in [5.41, 5.74) is 5.74. The molecule has 1 saturated heterocycles. The molecule has 1 heterocycles. The van der Waals surface area contributed by atoms with Gasteiger partial charge < -0.3 is 20.1 Å². The van der Waals surface area contributed by atoms with Gasteiger partial charge in [0.15, 0.2) is 0 Å². The van der Waals surface area contributed by atoms with Crippen molar-refractivity contribution in [2.45, 2.75) is 25.8 Å². The second kappa shape index (κ2) is 9.55. The molecule has 18 heavy (non-hydrogen) atoms. The van der Waals surface area contributed by atoms with Gasteiger partial charge in [0.2, 0.25) is 5.91 Å². The Morgan fingerprint density at radius 2 is 2.17 bits per heavy atom. The molecule has 2 atom stereocenters. The van der Waals surface area contributed by atoms with Crippen molar-refractivity contribution in [1.29, 1.82) is 0 Å². The molecular formula is C12H25ClN2O3. The molecule has 1 amide bonds. The van der Waals surface area contributed by atoms with Crippen molar-refractivity contribution in [1.82, 2.24) is 4.90 Å². The number of ether oxygens (including phenoxy) is 2. The van der Waals surface area contributed by atoms with Crippen LogP contribution in [0.4, 0.5) is 0 Å². The molecule has 0 aliphatic carbocycles. The highest BCUT2D eigenvalue weighted by atomic mass is 35.5. The number of rotatable bonds is 6. The van der Waals surface area contributed by atoms with Gasteiger partial charge in [0.1, 0.15) is 6.61 Å². The van der Waals surface area contributed by atoms with Crippen LogP contribution < -0.4 is 5.73 Å². The van der Waals surface area contributed by atoms with E-state index in [9.17, 15) is 4.79 Å². The van der Waals surface area contributed by atoms with Crippen molar-refractivity contribution in [2.24, 2.45) is 11.7 Å². The van der Waals surface area contributed by atoms with Crippen LogP contribution in [0, 0.1) is 5.92 Å². The van der Waals surface area contributed by atoms with Crippen molar-refractivity contribution in [3.63, 3.8) is 0 Å². The molecule has 1 fully saturated rings. The number of piperidine rings is 1. The fourth-order valence-electron chi connectivity index (χ4n) is 2.30. The van der Waals surface area contributed by atoms with E-state index in [1.54, 1.807) is 7.11 Å². The molecule has 0 bridgehead atoms. The lowest BCUT2D eigenvalue weighted by molar-refractivity contribution is -0.141. The smallest absolute Gasteiger partial charge is 0.248 e.